The minimum absolute atomic E-state index is 0.233. The Labute approximate surface area is 290 Å². The number of halogens is 1. The highest BCUT2D eigenvalue weighted by Gasteiger charge is 2.35. The van der Waals surface area contributed by atoms with E-state index in [4.69, 9.17) is 31.2 Å². The van der Waals surface area contributed by atoms with Gasteiger partial charge in [-0.25, -0.2) is 4.68 Å². The van der Waals surface area contributed by atoms with Crippen molar-refractivity contribution < 1.29 is 14.3 Å². The van der Waals surface area contributed by atoms with E-state index in [1.165, 1.54) is 11.8 Å². The van der Waals surface area contributed by atoms with Gasteiger partial charge in [0.25, 0.3) is 5.91 Å². The number of carbonyl (C=O) groups is 1. The number of rotatable bonds is 11. The van der Waals surface area contributed by atoms with E-state index in [0.717, 1.165) is 39.1 Å². The lowest BCUT2D eigenvalue weighted by Gasteiger charge is -2.29. The molecule has 2 heterocycles. The third-order valence-electron chi connectivity index (χ3n) is 8.47. The molecular formula is C38H38ClN5O3S. The highest BCUT2D eigenvalue weighted by molar-refractivity contribution is 7.98. The molecule has 0 saturated heterocycles. The number of benzene rings is 4. The number of fused-ring (bicyclic) bond motifs is 1. The molecule has 4 aromatic carbocycles. The van der Waals surface area contributed by atoms with E-state index >= 15 is 0 Å². The summed E-state index contributed by atoms with van der Waals surface area (Å²) in [4.78, 5) is 19.0. The van der Waals surface area contributed by atoms with Crippen molar-refractivity contribution in [2.24, 2.45) is 0 Å². The highest BCUT2D eigenvalue weighted by atomic mass is 35.5. The molecule has 0 spiro atoms. The van der Waals surface area contributed by atoms with Crippen LogP contribution in [0.15, 0.2) is 101 Å². The Morgan fingerprint density at radius 2 is 1.67 bits per heavy atom. The molecule has 246 valence electrons. The van der Waals surface area contributed by atoms with Gasteiger partial charge in [0, 0.05) is 22.2 Å². The predicted molar refractivity (Wildman–Crippen MR) is 193 cm³/mol. The summed E-state index contributed by atoms with van der Waals surface area (Å²) < 4.78 is 14.2. The van der Waals surface area contributed by atoms with Gasteiger partial charge in [-0.1, -0.05) is 84.0 Å². The first kappa shape index (κ1) is 33.2. The van der Waals surface area contributed by atoms with Gasteiger partial charge in [0.2, 0.25) is 11.1 Å². The molecule has 1 aliphatic rings. The number of anilines is 2. The fourth-order valence-corrected chi connectivity index (χ4v) is 6.75. The fourth-order valence-electron chi connectivity index (χ4n) is 5.64. The number of nitrogens with one attached hydrogen (secondary N) is 2. The van der Waals surface area contributed by atoms with Crippen LogP contribution in [0.4, 0.5) is 11.6 Å². The molecule has 1 amide bonds. The second-order valence-corrected chi connectivity index (χ2v) is 13.0. The van der Waals surface area contributed by atoms with Crippen LogP contribution >= 0.6 is 23.4 Å². The van der Waals surface area contributed by atoms with Gasteiger partial charge in [-0.05, 0) is 92.3 Å². The Kier molecular flexibility index (Phi) is 10.1. The Morgan fingerprint density at radius 3 is 2.44 bits per heavy atom. The Bertz CT molecular complexity index is 2010. The van der Waals surface area contributed by atoms with Gasteiger partial charge in [-0.3, -0.25) is 4.79 Å². The number of nitrogens with zero attached hydrogens (tertiary/aromatic N) is 3. The van der Waals surface area contributed by atoms with Gasteiger partial charge in [0.1, 0.15) is 12.6 Å². The summed E-state index contributed by atoms with van der Waals surface area (Å²) in [5, 5.41) is 12.7. The summed E-state index contributed by atoms with van der Waals surface area (Å²) in [5.41, 5.74) is 8.12. The molecule has 2 N–H and O–H groups in total. The maximum atomic E-state index is 14.2. The second-order valence-electron chi connectivity index (χ2n) is 11.7. The number of allylic oxidation sites excluding steroid dienone is 1. The van der Waals surface area contributed by atoms with Crippen molar-refractivity contribution in [1.82, 2.24) is 14.8 Å². The average Bonchev–Trinajstić information content (AvgIpc) is 3.48. The van der Waals surface area contributed by atoms with E-state index in [1.807, 2.05) is 100 Å². The van der Waals surface area contributed by atoms with E-state index in [-0.39, 0.29) is 5.91 Å². The van der Waals surface area contributed by atoms with Crippen LogP contribution in [-0.4, -0.2) is 27.3 Å². The normalized spacial score (nSPS) is 13.9. The molecule has 0 bridgehead atoms. The third-order valence-corrected chi connectivity index (χ3v) is 9.73. The third kappa shape index (κ3) is 7.07. The maximum Gasteiger partial charge on any atom is 0.255 e. The van der Waals surface area contributed by atoms with Crippen molar-refractivity contribution in [2.45, 2.75) is 58.2 Å². The Morgan fingerprint density at radius 1 is 0.917 bits per heavy atom. The summed E-state index contributed by atoms with van der Waals surface area (Å²) in [5.74, 6) is 2.11. The minimum Gasteiger partial charge on any atom is -0.490 e. The molecule has 5 aromatic rings. The first-order chi connectivity index (χ1) is 23.2. The van der Waals surface area contributed by atoms with Gasteiger partial charge >= 0.3 is 0 Å². The number of thioether (sulfide) groups is 1. The monoisotopic (exact) mass is 679 g/mol. The number of aromatic nitrogens is 3. The van der Waals surface area contributed by atoms with Crippen LogP contribution in [0, 0.1) is 20.8 Å². The lowest BCUT2D eigenvalue weighted by atomic mass is 9.94. The largest absolute Gasteiger partial charge is 0.490 e. The molecule has 1 aliphatic heterocycles. The topological polar surface area (TPSA) is 90.3 Å². The van der Waals surface area contributed by atoms with Crippen LogP contribution < -0.4 is 20.1 Å². The molecule has 8 nitrogen and oxygen atoms in total. The molecule has 10 heteroatoms. The quantitative estimate of drug-likeness (QED) is 0.135. The molecule has 0 fully saturated rings. The van der Waals surface area contributed by atoms with E-state index in [9.17, 15) is 4.79 Å². The Hall–Kier alpha value is -4.73. The first-order valence-electron chi connectivity index (χ1n) is 15.9. The lowest BCUT2D eigenvalue weighted by molar-refractivity contribution is -0.113. The van der Waals surface area contributed by atoms with Crippen LogP contribution in [0.5, 0.6) is 11.5 Å². The zero-order valence-corrected chi connectivity index (χ0v) is 29.2. The minimum atomic E-state index is -0.599. The number of hydrogen-bond acceptors (Lipinski definition) is 7. The number of aryl methyl sites for hydroxylation is 2. The summed E-state index contributed by atoms with van der Waals surface area (Å²) in [6, 6.07) is 27.0. The standard InChI is InChI=1S/C38H38ClN5O3S/c1-6-46-33-20-27(18-19-32(33)47-21-28-14-8-7-12-24(28)3)35-34(36(45)41-31-17-11-13-23(2)25(31)4)26(5)40-37-42-38(43-44(35)37)48-22-29-15-9-10-16-30(29)39/h7-20,35H,6,21-22H2,1-5H3,(H,41,45)(H,40,42,43). The summed E-state index contributed by atoms with van der Waals surface area (Å²) in [6.45, 7) is 10.8. The smallest absolute Gasteiger partial charge is 0.255 e. The van der Waals surface area contributed by atoms with Gasteiger partial charge < -0.3 is 20.1 Å². The van der Waals surface area contributed by atoms with Gasteiger partial charge in [0.05, 0.1) is 12.2 Å². The van der Waals surface area contributed by atoms with Crippen molar-refractivity contribution in [3.05, 3.63) is 135 Å². The van der Waals surface area contributed by atoms with E-state index in [1.54, 1.807) is 4.68 Å². The van der Waals surface area contributed by atoms with Gasteiger partial charge in [-0.15, -0.1) is 5.10 Å². The molecule has 0 saturated carbocycles. The van der Waals surface area contributed by atoms with Crippen LogP contribution in [0.2, 0.25) is 5.02 Å². The van der Waals surface area contributed by atoms with Crippen LogP contribution in [0.3, 0.4) is 0 Å². The van der Waals surface area contributed by atoms with Crippen molar-refractivity contribution >= 4 is 40.9 Å². The molecule has 0 aliphatic carbocycles. The van der Waals surface area contributed by atoms with E-state index in [2.05, 4.69) is 29.7 Å². The molecule has 48 heavy (non-hydrogen) atoms. The molecule has 6 rings (SSSR count). The SMILES string of the molecule is CCOc1cc(C2C(C(=O)Nc3cccc(C)c3C)=C(C)Nc3nc(SCc4ccccc4Cl)nn32)ccc1OCc1ccccc1C. The van der Waals surface area contributed by atoms with Crippen LogP contribution in [0.25, 0.3) is 0 Å². The average molecular weight is 680 g/mol. The molecule has 0 radical (unpaired) electrons. The summed E-state index contributed by atoms with van der Waals surface area (Å²) in [6.07, 6.45) is 0. The number of carbonyl (C=O) groups excluding carboxylic acids is 1. The van der Waals surface area contributed by atoms with Gasteiger partial charge in [0.15, 0.2) is 11.5 Å². The van der Waals surface area contributed by atoms with Crippen LogP contribution in [0.1, 0.15) is 53.3 Å². The number of ether oxygens (including phenoxy) is 2. The van der Waals surface area contributed by atoms with Crippen LogP contribution in [-0.2, 0) is 17.2 Å². The number of amides is 1. The first-order valence-corrected chi connectivity index (χ1v) is 17.2. The maximum absolute atomic E-state index is 14.2. The van der Waals surface area contributed by atoms with Crippen molar-refractivity contribution in [1.29, 1.82) is 0 Å². The predicted octanol–water partition coefficient (Wildman–Crippen LogP) is 9.05. The highest BCUT2D eigenvalue weighted by Crippen LogP contribution is 2.40. The molecule has 1 atom stereocenters. The fraction of sp³-hybridized carbons (Fsp3) is 0.237. The Balaban J connectivity index is 1.38. The molecule has 1 unspecified atom stereocenters. The zero-order chi connectivity index (χ0) is 33.8. The second kappa shape index (κ2) is 14.6. The van der Waals surface area contributed by atoms with E-state index < -0.39 is 6.04 Å². The summed E-state index contributed by atoms with van der Waals surface area (Å²) in [7, 11) is 0. The zero-order valence-electron chi connectivity index (χ0n) is 27.6. The van der Waals surface area contributed by atoms with E-state index in [0.29, 0.717) is 57.9 Å². The van der Waals surface area contributed by atoms with Crippen molar-refractivity contribution in [2.75, 3.05) is 17.2 Å². The summed E-state index contributed by atoms with van der Waals surface area (Å²) >= 11 is 7.91. The van der Waals surface area contributed by atoms with Crippen molar-refractivity contribution in [3.8, 4) is 11.5 Å². The number of hydrogen-bond donors (Lipinski definition) is 2. The van der Waals surface area contributed by atoms with Gasteiger partial charge in [-0.2, -0.15) is 4.98 Å². The molecular weight excluding hydrogens is 642 g/mol. The lowest BCUT2D eigenvalue weighted by Crippen LogP contribution is -2.31. The molecule has 1 aromatic heterocycles. The van der Waals surface area contributed by atoms with Crippen molar-refractivity contribution in [3.63, 3.8) is 0 Å².